The standard InChI is InChI=1S/C23H25N5O4/c1-23(2,3)32-22(29)26-14-17(15-26)16-5-7-18(8-6-16)25-20-13-19(27-12-4-11-24-27)9-10-21(20)28(30)31/h4-13,17,25H,14-15H2,1-3H3. The van der Waals surface area contributed by atoms with Gasteiger partial charge in [0.2, 0.25) is 0 Å². The molecule has 1 N–H and O–H groups in total. The van der Waals surface area contributed by atoms with Crippen LogP contribution in [0, 0.1) is 10.1 Å². The second-order valence-corrected chi connectivity index (χ2v) is 8.74. The summed E-state index contributed by atoms with van der Waals surface area (Å²) in [4.78, 5) is 24.9. The molecular formula is C23H25N5O4. The van der Waals surface area contributed by atoms with Crippen LogP contribution in [0.15, 0.2) is 60.9 Å². The van der Waals surface area contributed by atoms with Crippen LogP contribution in [-0.4, -0.2) is 44.4 Å². The molecule has 0 spiro atoms. The van der Waals surface area contributed by atoms with Gasteiger partial charge in [-0.3, -0.25) is 10.1 Å². The number of carbonyl (C=O) groups is 1. The van der Waals surface area contributed by atoms with Crippen LogP contribution >= 0.6 is 0 Å². The fourth-order valence-corrected chi connectivity index (χ4v) is 3.51. The Labute approximate surface area is 185 Å². The highest BCUT2D eigenvalue weighted by atomic mass is 16.6. The molecule has 32 heavy (non-hydrogen) atoms. The topological polar surface area (TPSA) is 103 Å². The molecule has 2 aromatic carbocycles. The average Bonchev–Trinajstić information content (AvgIpc) is 3.21. The molecule has 0 saturated carbocycles. The van der Waals surface area contributed by atoms with Crippen molar-refractivity contribution in [2.75, 3.05) is 18.4 Å². The Morgan fingerprint density at radius 1 is 1.19 bits per heavy atom. The maximum absolute atomic E-state index is 12.1. The Morgan fingerprint density at radius 3 is 2.50 bits per heavy atom. The largest absolute Gasteiger partial charge is 0.444 e. The van der Waals surface area contributed by atoms with E-state index in [1.807, 2.05) is 45.0 Å². The number of likely N-dealkylation sites (tertiary alicyclic amines) is 1. The third kappa shape index (κ3) is 4.72. The minimum atomic E-state index is -0.507. The summed E-state index contributed by atoms with van der Waals surface area (Å²) >= 11 is 0. The number of nitrogens with zero attached hydrogens (tertiary/aromatic N) is 4. The number of nitrogens with one attached hydrogen (secondary N) is 1. The summed E-state index contributed by atoms with van der Waals surface area (Å²) in [5.41, 5.74) is 2.42. The highest BCUT2D eigenvalue weighted by Crippen LogP contribution is 2.32. The van der Waals surface area contributed by atoms with Crippen LogP contribution < -0.4 is 5.32 Å². The first kappa shape index (κ1) is 21.4. The summed E-state index contributed by atoms with van der Waals surface area (Å²) in [7, 11) is 0. The lowest BCUT2D eigenvalue weighted by molar-refractivity contribution is -0.383. The van der Waals surface area contributed by atoms with Crippen molar-refractivity contribution in [1.82, 2.24) is 14.7 Å². The number of anilines is 2. The van der Waals surface area contributed by atoms with E-state index in [1.165, 1.54) is 6.07 Å². The monoisotopic (exact) mass is 435 g/mol. The molecule has 3 aromatic rings. The lowest BCUT2D eigenvalue weighted by Gasteiger charge is -2.40. The van der Waals surface area contributed by atoms with Crippen LogP contribution in [0.2, 0.25) is 0 Å². The van der Waals surface area contributed by atoms with E-state index < -0.39 is 10.5 Å². The molecule has 1 aliphatic heterocycles. The fraction of sp³-hybridized carbons (Fsp3) is 0.304. The van der Waals surface area contributed by atoms with Crippen LogP contribution in [0.5, 0.6) is 0 Å². The smallest absolute Gasteiger partial charge is 0.410 e. The van der Waals surface area contributed by atoms with Crippen molar-refractivity contribution in [3.05, 3.63) is 76.6 Å². The molecule has 166 valence electrons. The van der Waals surface area contributed by atoms with E-state index >= 15 is 0 Å². The lowest BCUT2D eigenvalue weighted by Crippen LogP contribution is -2.50. The molecule has 2 heterocycles. The minimum Gasteiger partial charge on any atom is -0.444 e. The maximum Gasteiger partial charge on any atom is 0.410 e. The number of hydrogen-bond acceptors (Lipinski definition) is 6. The van der Waals surface area contributed by atoms with E-state index in [2.05, 4.69) is 10.4 Å². The van der Waals surface area contributed by atoms with Gasteiger partial charge in [-0.05, 0) is 56.7 Å². The van der Waals surface area contributed by atoms with Gasteiger partial charge in [-0.25, -0.2) is 9.48 Å². The van der Waals surface area contributed by atoms with Crippen molar-refractivity contribution in [3.8, 4) is 5.69 Å². The number of amides is 1. The van der Waals surface area contributed by atoms with E-state index in [4.69, 9.17) is 4.74 Å². The first-order valence-electron chi connectivity index (χ1n) is 10.3. The van der Waals surface area contributed by atoms with Crippen LogP contribution in [-0.2, 0) is 4.74 Å². The van der Waals surface area contributed by atoms with E-state index in [9.17, 15) is 14.9 Å². The number of carbonyl (C=O) groups excluding carboxylic acids is 1. The van der Waals surface area contributed by atoms with E-state index in [0.29, 0.717) is 18.8 Å². The van der Waals surface area contributed by atoms with Gasteiger partial charge in [-0.2, -0.15) is 5.10 Å². The van der Waals surface area contributed by atoms with E-state index in [1.54, 1.807) is 40.2 Å². The normalized spacial score (nSPS) is 14.0. The minimum absolute atomic E-state index is 0.0167. The predicted octanol–water partition coefficient (Wildman–Crippen LogP) is 4.86. The number of aromatic nitrogens is 2. The molecule has 4 rings (SSSR count). The summed E-state index contributed by atoms with van der Waals surface area (Å²) in [5, 5.41) is 18.8. The first-order valence-corrected chi connectivity index (χ1v) is 10.3. The van der Waals surface area contributed by atoms with Crippen molar-refractivity contribution in [3.63, 3.8) is 0 Å². The van der Waals surface area contributed by atoms with Gasteiger partial charge in [0.05, 0.1) is 10.6 Å². The summed E-state index contributed by atoms with van der Waals surface area (Å²) in [6.07, 6.45) is 3.13. The highest BCUT2D eigenvalue weighted by molar-refractivity contribution is 5.72. The SMILES string of the molecule is CC(C)(C)OC(=O)N1CC(c2ccc(Nc3cc(-n4cccn4)ccc3[N+](=O)[O-])cc2)C1. The molecule has 9 heteroatoms. The summed E-state index contributed by atoms with van der Waals surface area (Å²) < 4.78 is 7.04. The summed E-state index contributed by atoms with van der Waals surface area (Å²) in [6.45, 7) is 6.77. The summed E-state index contributed by atoms with van der Waals surface area (Å²) in [5.74, 6) is 0.244. The van der Waals surface area contributed by atoms with Gasteiger partial charge in [-0.1, -0.05) is 12.1 Å². The van der Waals surface area contributed by atoms with Gasteiger partial charge in [0, 0.05) is 43.2 Å². The molecule has 0 unspecified atom stereocenters. The van der Waals surface area contributed by atoms with Crippen LogP contribution in [0.4, 0.5) is 21.9 Å². The Morgan fingerprint density at radius 2 is 1.91 bits per heavy atom. The Hall–Kier alpha value is -3.88. The Balaban J connectivity index is 1.44. The number of hydrogen-bond donors (Lipinski definition) is 1. The van der Waals surface area contributed by atoms with Gasteiger partial charge in [0.15, 0.2) is 0 Å². The second kappa shape index (κ2) is 8.33. The van der Waals surface area contributed by atoms with Crippen molar-refractivity contribution >= 4 is 23.2 Å². The molecule has 0 aliphatic carbocycles. The van der Waals surface area contributed by atoms with Crippen LogP contribution in [0.1, 0.15) is 32.3 Å². The summed E-state index contributed by atoms with van der Waals surface area (Å²) in [6, 6.07) is 14.3. The van der Waals surface area contributed by atoms with Gasteiger partial charge in [0.25, 0.3) is 5.69 Å². The molecule has 0 radical (unpaired) electrons. The highest BCUT2D eigenvalue weighted by Gasteiger charge is 2.34. The van der Waals surface area contributed by atoms with E-state index in [0.717, 1.165) is 16.9 Å². The maximum atomic E-state index is 12.1. The van der Waals surface area contributed by atoms with Crippen molar-refractivity contribution in [2.45, 2.75) is 32.3 Å². The number of rotatable bonds is 5. The number of ether oxygens (including phenoxy) is 1. The second-order valence-electron chi connectivity index (χ2n) is 8.74. The van der Waals surface area contributed by atoms with Gasteiger partial charge < -0.3 is 15.0 Å². The molecule has 1 aromatic heterocycles. The number of benzene rings is 2. The van der Waals surface area contributed by atoms with Crippen molar-refractivity contribution in [2.24, 2.45) is 0 Å². The Kier molecular flexibility index (Phi) is 5.56. The quantitative estimate of drug-likeness (QED) is 0.454. The first-order chi connectivity index (χ1) is 15.2. The van der Waals surface area contributed by atoms with E-state index in [-0.39, 0.29) is 17.7 Å². The number of nitro benzene ring substituents is 1. The van der Waals surface area contributed by atoms with Crippen molar-refractivity contribution in [1.29, 1.82) is 0 Å². The fourth-order valence-electron chi connectivity index (χ4n) is 3.51. The zero-order valence-electron chi connectivity index (χ0n) is 18.2. The van der Waals surface area contributed by atoms with Crippen LogP contribution in [0.3, 0.4) is 0 Å². The average molecular weight is 435 g/mol. The third-order valence-electron chi connectivity index (χ3n) is 5.14. The molecule has 0 bridgehead atoms. The molecule has 1 fully saturated rings. The van der Waals surface area contributed by atoms with Crippen LogP contribution in [0.25, 0.3) is 5.69 Å². The van der Waals surface area contributed by atoms with Crippen molar-refractivity contribution < 1.29 is 14.5 Å². The van der Waals surface area contributed by atoms with Gasteiger partial charge in [0.1, 0.15) is 11.3 Å². The van der Waals surface area contributed by atoms with Gasteiger partial charge >= 0.3 is 6.09 Å². The molecule has 1 amide bonds. The molecular weight excluding hydrogens is 410 g/mol. The predicted molar refractivity (Wildman–Crippen MR) is 120 cm³/mol. The third-order valence-corrected chi connectivity index (χ3v) is 5.14. The van der Waals surface area contributed by atoms with Gasteiger partial charge in [-0.15, -0.1) is 0 Å². The number of nitro groups is 1. The molecule has 1 aliphatic rings. The lowest BCUT2D eigenvalue weighted by atomic mass is 9.92. The molecule has 9 nitrogen and oxygen atoms in total. The molecule has 0 atom stereocenters. The molecule has 1 saturated heterocycles. The zero-order valence-corrected chi connectivity index (χ0v) is 18.2. The zero-order chi connectivity index (χ0) is 22.9. The Bertz CT molecular complexity index is 1110.